The van der Waals surface area contributed by atoms with Crippen molar-refractivity contribution in [2.24, 2.45) is 28.0 Å². The third-order valence-electron chi connectivity index (χ3n) is 2.28. The zero-order valence-corrected chi connectivity index (χ0v) is 10.7. The molecule has 110 valence electrons. The van der Waals surface area contributed by atoms with Crippen molar-refractivity contribution >= 4 is 11.9 Å². The highest BCUT2D eigenvalue weighted by Crippen LogP contribution is 2.00. The second-order valence-corrected chi connectivity index (χ2v) is 3.73. The normalized spacial score (nSPS) is 10.9. The zero-order valence-electron chi connectivity index (χ0n) is 10.7. The lowest BCUT2D eigenvalue weighted by Gasteiger charge is -2.18. The third-order valence-corrected chi connectivity index (χ3v) is 2.28. The maximum absolute atomic E-state index is 11.1. The lowest BCUT2D eigenvalue weighted by atomic mass is 10.2. The summed E-state index contributed by atoms with van der Waals surface area (Å²) in [5.41, 5.74) is 0. The van der Waals surface area contributed by atoms with E-state index in [-0.39, 0.29) is 13.1 Å². The van der Waals surface area contributed by atoms with Crippen LogP contribution in [0.4, 0.5) is 0 Å². The summed E-state index contributed by atoms with van der Waals surface area (Å²) < 4.78 is 0. The Morgan fingerprint density at radius 2 is 1.58 bits per heavy atom. The van der Waals surface area contributed by atoms with Crippen molar-refractivity contribution in [2.75, 3.05) is 26.2 Å². The molecule has 10 heteroatoms. The van der Waals surface area contributed by atoms with Crippen molar-refractivity contribution < 1.29 is 19.3 Å². The van der Waals surface area contributed by atoms with E-state index in [0.717, 1.165) is 19.3 Å². The SMILES string of the molecule is NN=NCCCCCN(CC(=O)ON)CC(=O)ON. The van der Waals surface area contributed by atoms with Crippen LogP contribution in [0.5, 0.6) is 0 Å². The molecule has 0 aliphatic heterocycles. The highest BCUT2D eigenvalue weighted by molar-refractivity contribution is 5.74. The minimum Gasteiger partial charge on any atom is -0.372 e. The van der Waals surface area contributed by atoms with E-state index in [0.29, 0.717) is 13.1 Å². The molecule has 0 unspecified atom stereocenters. The van der Waals surface area contributed by atoms with E-state index in [2.05, 4.69) is 20.0 Å². The maximum Gasteiger partial charge on any atom is 0.338 e. The van der Waals surface area contributed by atoms with E-state index in [1.807, 2.05) is 0 Å². The van der Waals surface area contributed by atoms with Gasteiger partial charge in [0.2, 0.25) is 0 Å². The molecule has 0 radical (unpaired) electrons. The van der Waals surface area contributed by atoms with Crippen molar-refractivity contribution in [2.45, 2.75) is 19.3 Å². The monoisotopic (exact) mass is 276 g/mol. The average molecular weight is 276 g/mol. The minimum absolute atomic E-state index is 0.103. The predicted octanol–water partition coefficient (Wildman–Crippen LogP) is -1.38. The molecule has 0 heterocycles. The van der Waals surface area contributed by atoms with Gasteiger partial charge in [-0.25, -0.2) is 9.59 Å². The first-order valence-electron chi connectivity index (χ1n) is 5.72. The van der Waals surface area contributed by atoms with Crippen LogP contribution in [0, 0.1) is 0 Å². The molecule has 0 bridgehead atoms. The molecule has 0 atom stereocenters. The molecule has 0 aromatic heterocycles. The van der Waals surface area contributed by atoms with Crippen molar-refractivity contribution in [3.63, 3.8) is 0 Å². The highest BCUT2D eigenvalue weighted by Gasteiger charge is 2.15. The quantitative estimate of drug-likeness (QED) is 0.190. The molecule has 0 aliphatic carbocycles. The van der Waals surface area contributed by atoms with E-state index >= 15 is 0 Å². The van der Waals surface area contributed by atoms with Crippen molar-refractivity contribution in [1.82, 2.24) is 4.90 Å². The second kappa shape index (κ2) is 11.3. The summed E-state index contributed by atoms with van der Waals surface area (Å²) >= 11 is 0. The summed E-state index contributed by atoms with van der Waals surface area (Å²) in [6, 6.07) is 0. The summed E-state index contributed by atoms with van der Waals surface area (Å²) in [6.07, 6.45) is 2.43. The molecular formula is C9H20N6O4. The lowest BCUT2D eigenvalue weighted by Crippen LogP contribution is -2.38. The number of nitrogens with zero attached hydrogens (tertiary/aromatic N) is 3. The van der Waals surface area contributed by atoms with Crippen LogP contribution >= 0.6 is 0 Å². The van der Waals surface area contributed by atoms with Crippen LogP contribution in [-0.4, -0.2) is 43.0 Å². The van der Waals surface area contributed by atoms with Gasteiger partial charge in [-0.1, -0.05) is 11.6 Å². The first-order chi connectivity index (χ1) is 9.13. The molecule has 0 spiro atoms. The Morgan fingerprint density at radius 3 is 2.05 bits per heavy atom. The van der Waals surface area contributed by atoms with Gasteiger partial charge < -0.3 is 15.5 Å². The molecule has 0 aromatic carbocycles. The van der Waals surface area contributed by atoms with Crippen LogP contribution in [-0.2, 0) is 19.3 Å². The Balaban J connectivity index is 3.97. The smallest absolute Gasteiger partial charge is 0.338 e. The molecule has 6 N–H and O–H groups in total. The maximum atomic E-state index is 11.1. The Bertz CT molecular complexity index is 280. The summed E-state index contributed by atoms with van der Waals surface area (Å²) in [5, 5.41) is 6.75. The van der Waals surface area contributed by atoms with Gasteiger partial charge in [-0.2, -0.15) is 16.9 Å². The molecule has 0 amide bonds. The van der Waals surface area contributed by atoms with E-state index in [1.54, 1.807) is 0 Å². The first kappa shape index (κ1) is 17.2. The van der Waals surface area contributed by atoms with Gasteiger partial charge in [-0.3, -0.25) is 4.90 Å². The van der Waals surface area contributed by atoms with Gasteiger partial charge in [0, 0.05) is 0 Å². The van der Waals surface area contributed by atoms with Crippen molar-refractivity contribution in [3.05, 3.63) is 0 Å². The average Bonchev–Trinajstić information content (AvgIpc) is 2.41. The Morgan fingerprint density at radius 1 is 1.00 bits per heavy atom. The number of unbranched alkanes of at least 4 members (excludes halogenated alkanes) is 2. The van der Waals surface area contributed by atoms with Gasteiger partial charge in [0.25, 0.3) is 0 Å². The topological polar surface area (TPSA) is 159 Å². The fourth-order valence-corrected chi connectivity index (χ4v) is 1.41. The first-order valence-corrected chi connectivity index (χ1v) is 5.72. The van der Waals surface area contributed by atoms with Gasteiger partial charge in [-0.15, -0.1) is 0 Å². The summed E-state index contributed by atoms with van der Waals surface area (Å²) in [4.78, 5) is 31.7. The van der Waals surface area contributed by atoms with E-state index in [1.165, 1.54) is 4.90 Å². The second-order valence-electron chi connectivity index (χ2n) is 3.73. The van der Waals surface area contributed by atoms with Crippen LogP contribution in [0.15, 0.2) is 10.3 Å². The molecular weight excluding hydrogens is 256 g/mol. The number of nitrogens with two attached hydrogens (primary N) is 3. The lowest BCUT2D eigenvalue weighted by molar-refractivity contribution is -0.149. The van der Waals surface area contributed by atoms with Gasteiger partial charge in [0.15, 0.2) is 0 Å². The van der Waals surface area contributed by atoms with E-state index in [4.69, 9.17) is 17.6 Å². The minimum atomic E-state index is -0.637. The molecule has 0 saturated heterocycles. The predicted molar refractivity (Wildman–Crippen MR) is 64.8 cm³/mol. The molecule has 0 fully saturated rings. The largest absolute Gasteiger partial charge is 0.372 e. The fourth-order valence-electron chi connectivity index (χ4n) is 1.41. The van der Waals surface area contributed by atoms with E-state index in [9.17, 15) is 9.59 Å². The Kier molecular flexibility index (Phi) is 10.3. The molecule has 0 aliphatic rings. The molecule has 0 saturated carbocycles. The molecule has 0 rings (SSSR count). The van der Waals surface area contributed by atoms with Crippen LogP contribution in [0.3, 0.4) is 0 Å². The highest BCUT2D eigenvalue weighted by atomic mass is 16.7. The van der Waals surface area contributed by atoms with Gasteiger partial charge in [0.1, 0.15) is 0 Å². The summed E-state index contributed by atoms with van der Waals surface area (Å²) in [7, 11) is 0. The Hall–Kier alpha value is -1.78. The van der Waals surface area contributed by atoms with Crippen LogP contribution in [0.1, 0.15) is 19.3 Å². The van der Waals surface area contributed by atoms with Crippen LogP contribution in [0.25, 0.3) is 0 Å². The van der Waals surface area contributed by atoms with Gasteiger partial charge in [0.05, 0.1) is 19.6 Å². The fraction of sp³-hybridized carbons (Fsp3) is 0.778. The number of carbonyl (C=O) groups excluding carboxylic acids is 2. The zero-order chi connectivity index (χ0) is 14.5. The van der Waals surface area contributed by atoms with Crippen LogP contribution < -0.4 is 17.6 Å². The number of hydrogen-bond acceptors (Lipinski definition) is 9. The number of hydrogen-bond donors (Lipinski definition) is 3. The summed E-state index contributed by atoms with van der Waals surface area (Å²) in [6.45, 7) is 0.846. The van der Waals surface area contributed by atoms with Crippen molar-refractivity contribution in [3.8, 4) is 0 Å². The van der Waals surface area contributed by atoms with E-state index < -0.39 is 11.9 Å². The molecule has 10 nitrogen and oxygen atoms in total. The Labute approximate surface area is 110 Å². The van der Waals surface area contributed by atoms with Gasteiger partial charge in [-0.05, 0) is 19.4 Å². The summed E-state index contributed by atoms with van der Waals surface area (Å²) in [5.74, 6) is 13.1. The standard InChI is InChI=1S/C9H20N6O4/c10-14-13-4-2-1-3-5-15(6-8(16)18-11)7-9(17)19-12/h1-7,11-12H2,(H2,10,13). The third kappa shape index (κ3) is 9.88. The molecule has 19 heavy (non-hydrogen) atoms. The van der Waals surface area contributed by atoms with Gasteiger partial charge >= 0.3 is 11.9 Å². The number of rotatable bonds is 10. The van der Waals surface area contributed by atoms with Crippen LogP contribution in [0.2, 0.25) is 0 Å². The molecule has 0 aromatic rings. The van der Waals surface area contributed by atoms with Crippen molar-refractivity contribution in [1.29, 1.82) is 0 Å². The number of carbonyl (C=O) groups is 2.